The highest BCUT2D eigenvalue weighted by Gasteiger charge is 2.17. The Morgan fingerprint density at radius 2 is 1.70 bits per heavy atom. The Morgan fingerprint density at radius 3 is 2.36 bits per heavy atom. The minimum atomic E-state index is -0.441. The fourth-order valence-electron chi connectivity index (χ4n) is 3.12. The average molecular weight is 499 g/mol. The predicted molar refractivity (Wildman–Crippen MR) is 131 cm³/mol. The van der Waals surface area contributed by atoms with Gasteiger partial charge in [-0.1, -0.05) is 47.1 Å². The van der Waals surface area contributed by atoms with E-state index in [-0.39, 0.29) is 17.3 Å². The predicted octanol–water partition coefficient (Wildman–Crippen LogP) is 6.49. The largest absolute Gasteiger partial charge is 0.325 e. The van der Waals surface area contributed by atoms with Gasteiger partial charge in [-0.2, -0.15) is 0 Å². The summed E-state index contributed by atoms with van der Waals surface area (Å²) in [7, 11) is 0. The van der Waals surface area contributed by atoms with Crippen molar-refractivity contribution >= 4 is 52.2 Å². The van der Waals surface area contributed by atoms with Crippen LogP contribution in [-0.4, -0.2) is 26.1 Å². The van der Waals surface area contributed by atoms with Crippen molar-refractivity contribution in [2.24, 2.45) is 0 Å². The molecule has 0 bridgehead atoms. The molecule has 0 spiro atoms. The molecule has 0 radical (unpaired) electrons. The van der Waals surface area contributed by atoms with Crippen LogP contribution >= 0.6 is 35.0 Å². The molecule has 7 nitrogen and oxygen atoms in total. The summed E-state index contributed by atoms with van der Waals surface area (Å²) in [6, 6.07) is 20.3. The van der Waals surface area contributed by atoms with Crippen LogP contribution in [-0.2, 0) is 4.79 Å². The van der Waals surface area contributed by atoms with Gasteiger partial charge in [0.1, 0.15) is 0 Å². The number of nitrogens with zero attached hydrogens (tertiary/aromatic N) is 3. The molecule has 10 heteroatoms. The zero-order valence-corrected chi connectivity index (χ0v) is 19.3. The van der Waals surface area contributed by atoms with E-state index in [1.165, 1.54) is 23.9 Å². The first-order valence-corrected chi connectivity index (χ1v) is 11.4. The van der Waals surface area contributed by atoms with E-state index < -0.39 is 4.92 Å². The minimum Gasteiger partial charge on any atom is -0.325 e. The molecule has 1 amide bonds. The molecule has 0 aliphatic rings. The number of carbonyl (C=O) groups is 1. The number of nitro groups is 1. The first-order chi connectivity index (χ1) is 15.9. The van der Waals surface area contributed by atoms with E-state index in [9.17, 15) is 14.9 Å². The van der Waals surface area contributed by atoms with Gasteiger partial charge in [-0.25, -0.2) is 4.98 Å². The molecular weight excluding hydrogens is 483 g/mol. The lowest BCUT2D eigenvalue weighted by molar-refractivity contribution is -0.384. The topological polar surface area (TPSA) is 90.1 Å². The molecule has 1 aromatic heterocycles. The van der Waals surface area contributed by atoms with Crippen LogP contribution in [0.5, 0.6) is 0 Å². The monoisotopic (exact) mass is 498 g/mol. The van der Waals surface area contributed by atoms with Crippen molar-refractivity contribution in [2.75, 3.05) is 11.1 Å². The van der Waals surface area contributed by atoms with Crippen molar-refractivity contribution in [3.8, 4) is 16.9 Å². The first kappa shape index (κ1) is 22.8. The number of nitrogens with one attached hydrogen (secondary N) is 1. The molecule has 0 fully saturated rings. The number of benzene rings is 3. The molecule has 0 saturated carbocycles. The van der Waals surface area contributed by atoms with Crippen molar-refractivity contribution in [3.05, 3.63) is 99.2 Å². The Labute approximate surface area is 203 Å². The summed E-state index contributed by atoms with van der Waals surface area (Å²) in [4.78, 5) is 27.7. The van der Waals surface area contributed by atoms with Crippen LogP contribution in [0.3, 0.4) is 0 Å². The van der Waals surface area contributed by atoms with Gasteiger partial charge in [-0.15, -0.1) is 0 Å². The molecule has 0 aliphatic heterocycles. The lowest BCUT2D eigenvalue weighted by Gasteiger charge is -2.12. The number of imidazole rings is 1. The summed E-state index contributed by atoms with van der Waals surface area (Å²) < 4.78 is 1.84. The highest BCUT2D eigenvalue weighted by atomic mass is 35.5. The van der Waals surface area contributed by atoms with Crippen LogP contribution in [0.25, 0.3) is 16.9 Å². The molecule has 4 aromatic rings. The van der Waals surface area contributed by atoms with Gasteiger partial charge in [0.05, 0.1) is 22.6 Å². The number of carbonyl (C=O) groups excluding carboxylic acids is 1. The fraction of sp³-hybridized carbons (Fsp3) is 0.0435. The van der Waals surface area contributed by atoms with E-state index in [0.717, 1.165) is 5.69 Å². The zero-order valence-electron chi connectivity index (χ0n) is 16.9. The molecule has 0 saturated heterocycles. The summed E-state index contributed by atoms with van der Waals surface area (Å²) in [6.45, 7) is 0. The van der Waals surface area contributed by atoms with Gasteiger partial charge in [-0.3, -0.25) is 19.5 Å². The highest BCUT2D eigenvalue weighted by Crippen LogP contribution is 2.32. The number of nitro benzene ring substituents is 1. The maximum absolute atomic E-state index is 12.5. The van der Waals surface area contributed by atoms with E-state index in [1.54, 1.807) is 54.7 Å². The number of non-ortho nitro benzene ring substituents is 1. The summed E-state index contributed by atoms with van der Waals surface area (Å²) in [5, 5.41) is 15.8. The first-order valence-electron chi connectivity index (χ1n) is 9.67. The number of thioether (sulfide) groups is 1. The number of hydrogen-bond acceptors (Lipinski definition) is 5. The Hall–Kier alpha value is -3.33. The summed E-state index contributed by atoms with van der Waals surface area (Å²) in [5.74, 6) is -0.0911. The van der Waals surface area contributed by atoms with E-state index in [2.05, 4.69) is 10.3 Å². The zero-order chi connectivity index (χ0) is 23.4. The molecule has 4 rings (SSSR count). The van der Waals surface area contributed by atoms with Crippen molar-refractivity contribution < 1.29 is 9.72 Å². The second-order valence-electron chi connectivity index (χ2n) is 6.89. The third-order valence-corrected chi connectivity index (χ3v) is 6.08. The number of amides is 1. The molecule has 1 N–H and O–H groups in total. The fourth-order valence-corrected chi connectivity index (χ4v) is 4.16. The smallest absolute Gasteiger partial charge is 0.270 e. The second-order valence-corrected chi connectivity index (χ2v) is 8.70. The van der Waals surface area contributed by atoms with Crippen molar-refractivity contribution in [1.29, 1.82) is 0 Å². The van der Waals surface area contributed by atoms with Crippen molar-refractivity contribution in [1.82, 2.24) is 9.55 Å². The molecule has 3 aromatic carbocycles. The van der Waals surface area contributed by atoms with Gasteiger partial charge in [-0.05, 0) is 48.5 Å². The van der Waals surface area contributed by atoms with Gasteiger partial charge in [0.25, 0.3) is 5.69 Å². The average Bonchev–Trinajstić information content (AvgIpc) is 3.24. The van der Waals surface area contributed by atoms with Gasteiger partial charge in [0.2, 0.25) is 5.91 Å². The Balaban J connectivity index is 1.63. The van der Waals surface area contributed by atoms with Crippen molar-refractivity contribution in [2.45, 2.75) is 5.16 Å². The Kier molecular flexibility index (Phi) is 6.98. The van der Waals surface area contributed by atoms with Crippen LogP contribution in [0.1, 0.15) is 0 Å². The molecule has 0 atom stereocenters. The Bertz CT molecular complexity index is 1310. The van der Waals surface area contributed by atoms with E-state index >= 15 is 0 Å². The van der Waals surface area contributed by atoms with Crippen LogP contribution in [0.4, 0.5) is 11.4 Å². The third kappa shape index (κ3) is 5.54. The molecular formula is C23H16Cl2N4O3S. The molecule has 0 aliphatic carbocycles. The molecule has 1 heterocycles. The molecule has 33 heavy (non-hydrogen) atoms. The number of hydrogen-bond donors (Lipinski definition) is 1. The third-order valence-electron chi connectivity index (χ3n) is 4.63. The molecule has 0 unspecified atom stereocenters. The van der Waals surface area contributed by atoms with E-state index in [1.807, 2.05) is 16.7 Å². The van der Waals surface area contributed by atoms with Gasteiger partial charge < -0.3 is 5.32 Å². The maximum Gasteiger partial charge on any atom is 0.270 e. The van der Waals surface area contributed by atoms with Crippen LogP contribution in [0.15, 0.2) is 84.1 Å². The Morgan fingerprint density at radius 1 is 1.03 bits per heavy atom. The van der Waals surface area contributed by atoms with Crippen LogP contribution < -0.4 is 5.32 Å². The standard InChI is InChI=1S/C23H16Cl2N4O3S/c24-16-4-8-18(9-5-16)27-22(30)14-33-23-26-13-21(15-2-1-3-20(12-15)29(31)32)28(23)19-10-6-17(25)7-11-19/h1-13H,14H2,(H,27,30). The second kappa shape index (κ2) is 10.1. The molecule has 166 valence electrons. The number of anilines is 1. The van der Waals surface area contributed by atoms with Crippen molar-refractivity contribution in [3.63, 3.8) is 0 Å². The van der Waals surface area contributed by atoms with Crippen LogP contribution in [0, 0.1) is 10.1 Å². The number of aromatic nitrogens is 2. The summed E-state index contributed by atoms with van der Waals surface area (Å²) in [6.07, 6.45) is 1.63. The number of rotatable bonds is 7. The minimum absolute atomic E-state index is 0.0205. The summed E-state index contributed by atoms with van der Waals surface area (Å²) in [5.41, 5.74) is 2.67. The maximum atomic E-state index is 12.5. The van der Waals surface area contributed by atoms with Gasteiger partial charge >= 0.3 is 0 Å². The number of halogens is 2. The lowest BCUT2D eigenvalue weighted by Crippen LogP contribution is -2.14. The quantitative estimate of drug-likeness (QED) is 0.178. The normalized spacial score (nSPS) is 10.7. The highest BCUT2D eigenvalue weighted by molar-refractivity contribution is 7.99. The van der Waals surface area contributed by atoms with Gasteiger partial charge in [0.15, 0.2) is 5.16 Å². The summed E-state index contributed by atoms with van der Waals surface area (Å²) >= 11 is 13.2. The lowest BCUT2D eigenvalue weighted by atomic mass is 10.1. The van der Waals surface area contributed by atoms with Crippen LogP contribution in [0.2, 0.25) is 10.0 Å². The SMILES string of the molecule is O=C(CSc1ncc(-c2cccc([N+](=O)[O-])c2)n1-c1ccc(Cl)cc1)Nc1ccc(Cl)cc1. The van der Waals surface area contributed by atoms with Gasteiger partial charge in [0, 0.05) is 39.1 Å². The van der Waals surface area contributed by atoms with E-state index in [4.69, 9.17) is 23.2 Å². The van der Waals surface area contributed by atoms with E-state index in [0.29, 0.717) is 32.1 Å².